The maximum Gasteiger partial charge on any atom is 0.250 e. The largest absolute Gasteiger partial charge is 0.325 e. The molecular formula is C21H19BrN2O4S. The first-order valence-electron chi connectivity index (χ1n) is 8.80. The Labute approximate surface area is 177 Å². The van der Waals surface area contributed by atoms with Crippen LogP contribution in [0.2, 0.25) is 0 Å². The molecule has 8 heteroatoms. The van der Waals surface area contributed by atoms with E-state index in [-0.39, 0.29) is 11.3 Å². The molecule has 0 bridgehead atoms. The number of carbonyl (C=O) groups excluding carboxylic acids is 1. The van der Waals surface area contributed by atoms with Gasteiger partial charge in [0, 0.05) is 22.4 Å². The standard InChI is InChI=1S/C21H19BrN2O4S/c22-18-5-3-4-17(12-18)14-29(27,28)15-20(25)23-19-9-7-16(8-10-19)13-24-11-2-1-6-21(24)26/h1-12H,13-15H2,(H,23,25). The number of benzene rings is 2. The van der Waals surface area contributed by atoms with E-state index in [0.717, 1.165) is 10.0 Å². The Hall–Kier alpha value is -2.71. The quantitative estimate of drug-likeness (QED) is 0.569. The number of sulfone groups is 1. The highest BCUT2D eigenvalue weighted by Gasteiger charge is 2.18. The molecule has 2 aromatic carbocycles. The number of halogens is 1. The summed E-state index contributed by atoms with van der Waals surface area (Å²) >= 11 is 3.30. The molecule has 0 aliphatic carbocycles. The number of carbonyl (C=O) groups is 1. The first kappa shape index (κ1) is 21.0. The lowest BCUT2D eigenvalue weighted by molar-refractivity contribution is -0.113. The lowest BCUT2D eigenvalue weighted by Crippen LogP contribution is -2.24. The van der Waals surface area contributed by atoms with Gasteiger partial charge in [-0.2, -0.15) is 0 Å². The molecule has 0 atom stereocenters. The average Bonchev–Trinajstić information content (AvgIpc) is 2.64. The van der Waals surface area contributed by atoms with Crippen LogP contribution in [0, 0.1) is 0 Å². The summed E-state index contributed by atoms with van der Waals surface area (Å²) in [4.78, 5) is 23.9. The van der Waals surface area contributed by atoms with E-state index in [2.05, 4.69) is 21.2 Å². The van der Waals surface area contributed by atoms with E-state index < -0.39 is 21.5 Å². The Kier molecular flexibility index (Phi) is 6.66. The van der Waals surface area contributed by atoms with Crippen molar-refractivity contribution < 1.29 is 13.2 Å². The van der Waals surface area contributed by atoms with E-state index in [9.17, 15) is 18.0 Å². The average molecular weight is 475 g/mol. The van der Waals surface area contributed by atoms with Crippen molar-refractivity contribution in [2.24, 2.45) is 0 Å². The zero-order valence-corrected chi connectivity index (χ0v) is 17.8. The van der Waals surface area contributed by atoms with Crippen LogP contribution in [0.5, 0.6) is 0 Å². The number of nitrogens with zero attached hydrogens (tertiary/aromatic N) is 1. The molecule has 150 valence electrons. The van der Waals surface area contributed by atoms with Gasteiger partial charge in [0.05, 0.1) is 12.3 Å². The van der Waals surface area contributed by atoms with Crippen LogP contribution in [0.15, 0.2) is 82.2 Å². The third-order valence-corrected chi connectivity index (χ3v) is 6.08. The number of anilines is 1. The number of nitrogens with one attached hydrogen (secondary N) is 1. The zero-order chi connectivity index (χ0) is 20.9. The van der Waals surface area contributed by atoms with Gasteiger partial charge in [-0.05, 0) is 41.5 Å². The summed E-state index contributed by atoms with van der Waals surface area (Å²) in [5.41, 5.74) is 1.91. The van der Waals surface area contributed by atoms with Crippen LogP contribution in [0.4, 0.5) is 5.69 Å². The summed E-state index contributed by atoms with van der Waals surface area (Å²) in [6, 6.07) is 18.9. The summed E-state index contributed by atoms with van der Waals surface area (Å²) in [6.07, 6.45) is 1.70. The fourth-order valence-electron chi connectivity index (χ4n) is 2.81. The summed E-state index contributed by atoms with van der Waals surface area (Å²) in [5, 5.41) is 2.60. The smallest absolute Gasteiger partial charge is 0.250 e. The van der Waals surface area contributed by atoms with E-state index in [1.807, 2.05) is 0 Å². The predicted octanol–water partition coefficient (Wildman–Crippen LogP) is 3.21. The van der Waals surface area contributed by atoms with Gasteiger partial charge in [-0.25, -0.2) is 8.42 Å². The molecule has 0 spiro atoms. The fraction of sp³-hybridized carbons (Fsp3) is 0.143. The van der Waals surface area contributed by atoms with Crippen molar-refractivity contribution in [2.45, 2.75) is 12.3 Å². The van der Waals surface area contributed by atoms with Crippen LogP contribution in [0.3, 0.4) is 0 Å². The summed E-state index contributed by atoms with van der Waals surface area (Å²) in [6.45, 7) is 0.412. The molecule has 0 aliphatic heterocycles. The van der Waals surface area contributed by atoms with Gasteiger partial charge in [0.15, 0.2) is 9.84 Å². The molecule has 1 heterocycles. The highest BCUT2D eigenvalue weighted by atomic mass is 79.9. The second-order valence-corrected chi connectivity index (χ2v) is 9.55. The lowest BCUT2D eigenvalue weighted by Gasteiger charge is -2.09. The molecule has 0 saturated heterocycles. The number of hydrogen-bond donors (Lipinski definition) is 1. The molecular weight excluding hydrogens is 456 g/mol. The SMILES string of the molecule is O=C(CS(=O)(=O)Cc1cccc(Br)c1)Nc1ccc(Cn2ccccc2=O)cc1. The Morgan fingerprint density at radius 2 is 1.72 bits per heavy atom. The van der Waals surface area contributed by atoms with E-state index in [4.69, 9.17) is 0 Å². The third-order valence-electron chi connectivity index (χ3n) is 4.12. The van der Waals surface area contributed by atoms with Crippen LogP contribution in [0.25, 0.3) is 0 Å². The first-order valence-corrected chi connectivity index (χ1v) is 11.4. The number of aromatic nitrogens is 1. The van der Waals surface area contributed by atoms with Gasteiger partial charge in [0.1, 0.15) is 5.75 Å². The topological polar surface area (TPSA) is 85.2 Å². The van der Waals surface area contributed by atoms with Crippen LogP contribution in [0.1, 0.15) is 11.1 Å². The Morgan fingerprint density at radius 3 is 2.41 bits per heavy atom. The molecule has 0 unspecified atom stereocenters. The minimum Gasteiger partial charge on any atom is -0.325 e. The van der Waals surface area contributed by atoms with Crippen molar-refractivity contribution >= 4 is 37.4 Å². The first-order chi connectivity index (χ1) is 13.8. The number of hydrogen-bond acceptors (Lipinski definition) is 4. The Balaban J connectivity index is 1.59. The molecule has 0 aliphatic rings. The molecule has 0 radical (unpaired) electrons. The summed E-state index contributed by atoms with van der Waals surface area (Å²) in [5.74, 6) is -1.39. The second kappa shape index (κ2) is 9.19. The van der Waals surface area contributed by atoms with Crippen molar-refractivity contribution in [1.29, 1.82) is 0 Å². The normalized spacial score (nSPS) is 11.2. The van der Waals surface area contributed by atoms with E-state index in [1.54, 1.807) is 71.4 Å². The minimum atomic E-state index is -3.60. The molecule has 1 N–H and O–H groups in total. The third kappa shape index (κ3) is 6.40. The van der Waals surface area contributed by atoms with Crippen molar-refractivity contribution in [3.8, 4) is 0 Å². The molecule has 6 nitrogen and oxygen atoms in total. The lowest BCUT2D eigenvalue weighted by atomic mass is 10.2. The Bertz CT molecular complexity index is 1170. The van der Waals surface area contributed by atoms with Crippen LogP contribution in [-0.4, -0.2) is 24.6 Å². The molecule has 1 aromatic heterocycles. The number of rotatable bonds is 7. The molecule has 29 heavy (non-hydrogen) atoms. The fourth-order valence-corrected chi connectivity index (χ4v) is 4.52. The van der Waals surface area contributed by atoms with E-state index in [0.29, 0.717) is 17.8 Å². The van der Waals surface area contributed by atoms with Crippen molar-refractivity contribution in [3.05, 3.63) is 98.9 Å². The molecule has 0 saturated carbocycles. The summed E-state index contributed by atoms with van der Waals surface area (Å²) < 4.78 is 26.9. The predicted molar refractivity (Wildman–Crippen MR) is 117 cm³/mol. The van der Waals surface area contributed by atoms with Gasteiger partial charge in [0.2, 0.25) is 5.91 Å². The van der Waals surface area contributed by atoms with Gasteiger partial charge < -0.3 is 9.88 Å². The number of amides is 1. The van der Waals surface area contributed by atoms with Gasteiger partial charge >= 0.3 is 0 Å². The van der Waals surface area contributed by atoms with Crippen molar-refractivity contribution in [3.63, 3.8) is 0 Å². The molecule has 0 fully saturated rings. The van der Waals surface area contributed by atoms with Gasteiger partial charge in [-0.15, -0.1) is 0 Å². The van der Waals surface area contributed by atoms with Crippen LogP contribution in [-0.2, 0) is 26.9 Å². The molecule has 3 rings (SSSR count). The van der Waals surface area contributed by atoms with Crippen molar-refractivity contribution in [1.82, 2.24) is 4.57 Å². The van der Waals surface area contributed by atoms with E-state index >= 15 is 0 Å². The number of pyridine rings is 1. The zero-order valence-electron chi connectivity index (χ0n) is 15.4. The molecule has 3 aromatic rings. The van der Waals surface area contributed by atoms with Crippen molar-refractivity contribution in [2.75, 3.05) is 11.1 Å². The molecule has 1 amide bonds. The highest BCUT2D eigenvalue weighted by Crippen LogP contribution is 2.15. The maximum absolute atomic E-state index is 12.3. The second-order valence-electron chi connectivity index (χ2n) is 6.57. The van der Waals surface area contributed by atoms with Gasteiger partial charge in [-0.1, -0.05) is 46.3 Å². The monoisotopic (exact) mass is 474 g/mol. The Morgan fingerprint density at radius 1 is 0.966 bits per heavy atom. The van der Waals surface area contributed by atoms with Gasteiger partial charge in [0.25, 0.3) is 5.56 Å². The van der Waals surface area contributed by atoms with E-state index in [1.165, 1.54) is 6.07 Å². The minimum absolute atomic E-state index is 0.0967. The van der Waals surface area contributed by atoms with Crippen LogP contribution < -0.4 is 10.9 Å². The van der Waals surface area contributed by atoms with Crippen LogP contribution >= 0.6 is 15.9 Å². The van der Waals surface area contributed by atoms with Gasteiger partial charge in [-0.3, -0.25) is 9.59 Å². The highest BCUT2D eigenvalue weighted by molar-refractivity contribution is 9.10. The maximum atomic E-state index is 12.3. The summed E-state index contributed by atoms with van der Waals surface area (Å²) in [7, 11) is -3.60.